The Hall–Kier alpha value is -4.44. The Bertz CT molecular complexity index is 1960. The van der Waals surface area contributed by atoms with Crippen LogP contribution < -0.4 is 5.56 Å². The van der Waals surface area contributed by atoms with Gasteiger partial charge in [0.1, 0.15) is 12.4 Å². The zero-order valence-corrected chi connectivity index (χ0v) is 28.2. The van der Waals surface area contributed by atoms with Gasteiger partial charge in [0.15, 0.2) is 11.6 Å². The normalized spacial score (nSPS) is 14.0. The van der Waals surface area contributed by atoms with Crippen LogP contribution in [0.1, 0.15) is 29.8 Å². The number of halogens is 3. The average Bonchev–Trinajstić information content (AvgIpc) is 3.12. The molecular formula is C39H39ClF2N4O3. The van der Waals surface area contributed by atoms with Crippen LogP contribution in [0.4, 0.5) is 8.78 Å². The molecule has 1 fully saturated rings. The van der Waals surface area contributed by atoms with Gasteiger partial charge < -0.3 is 19.1 Å². The summed E-state index contributed by atoms with van der Waals surface area (Å²) in [7, 11) is 1.70. The number of hydrogen-bond donors (Lipinski definition) is 0. The van der Waals surface area contributed by atoms with E-state index in [0.29, 0.717) is 34.9 Å². The van der Waals surface area contributed by atoms with E-state index in [1.54, 1.807) is 29.9 Å². The zero-order chi connectivity index (χ0) is 34.3. The minimum Gasteiger partial charge on any atom is -0.383 e. The van der Waals surface area contributed by atoms with Crippen LogP contribution in [0.5, 0.6) is 0 Å². The number of carbonyl (C=O) groups is 1. The molecule has 254 valence electrons. The van der Waals surface area contributed by atoms with Gasteiger partial charge in [-0.15, -0.1) is 0 Å². The summed E-state index contributed by atoms with van der Waals surface area (Å²) in [5, 5.41) is 1.07. The predicted octanol–water partition coefficient (Wildman–Crippen LogP) is 6.92. The Morgan fingerprint density at radius 1 is 0.918 bits per heavy atom. The molecule has 1 aromatic heterocycles. The highest BCUT2D eigenvalue weighted by atomic mass is 35.5. The summed E-state index contributed by atoms with van der Waals surface area (Å²) in [4.78, 5) is 36.2. The Kier molecular flexibility index (Phi) is 11.1. The maximum absolute atomic E-state index is 14.6. The van der Waals surface area contributed by atoms with Crippen molar-refractivity contribution in [1.29, 1.82) is 0 Å². The van der Waals surface area contributed by atoms with E-state index in [9.17, 15) is 18.4 Å². The van der Waals surface area contributed by atoms with Crippen LogP contribution in [0, 0.1) is 11.6 Å². The molecule has 0 aliphatic carbocycles. The number of aryl methyl sites for hydroxylation is 2. The summed E-state index contributed by atoms with van der Waals surface area (Å²) in [6.45, 7) is 3.55. The number of hydrogen-bond acceptors (Lipinski definition) is 5. The molecule has 1 aliphatic heterocycles. The number of piperidine rings is 1. The van der Waals surface area contributed by atoms with Crippen molar-refractivity contribution in [2.45, 2.75) is 44.8 Å². The van der Waals surface area contributed by atoms with Crippen molar-refractivity contribution >= 4 is 28.4 Å². The molecule has 0 spiro atoms. The molecule has 0 radical (unpaired) electrons. The van der Waals surface area contributed by atoms with E-state index < -0.39 is 17.2 Å². The summed E-state index contributed by atoms with van der Waals surface area (Å²) in [6.07, 6.45) is 1.89. The molecule has 7 nitrogen and oxygen atoms in total. The van der Waals surface area contributed by atoms with Crippen molar-refractivity contribution in [1.82, 2.24) is 19.4 Å². The molecule has 5 aromatic rings. The third-order valence-electron chi connectivity index (χ3n) is 9.32. The highest BCUT2D eigenvalue weighted by molar-refractivity contribution is 6.30. The molecule has 1 saturated heterocycles. The summed E-state index contributed by atoms with van der Waals surface area (Å²) in [5.74, 6) is -1.60. The Morgan fingerprint density at radius 2 is 1.61 bits per heavy atom. The van der Waals surface area contributed by atoms with Gasteiger partial charge in [-0.1, -0.05) is 72.3 Å². The van der Waals surface area contributed by atoms with Crippen LogP contribution in [0.15, 0.2) is 95.8 Å². The van der Waals surface area contributed by atoms with Gasteiger partial charge in [-0.05, 0) is 71.8 Å². The standard InChI is InChI=1S/C39H39ClF2N4O3/c1-49-24-23-44-21-19-32(20-22-44)45(25-27-9-11-28(12-10-27)29-13-16-31(40)17-14-29)37(47)26-46-35-8-3-2-6-33(35)39(48)43-36(46)18-15-30-5-4-7-34(41)38(30)42/h2-14,16-17,32H,15,18-26H2,1H3. The minimum absolute atomic E-state index is 0.00526. The Morgan fingerprint density at radius 3 is 2.33 bits per heavy atom. The number of fused-ring (bicyclic) bond motifs is 1. The maximum Gasteiger partial charge on any atom is 0.280 e. The summed E-state index contributed by atoms with van der Waals surface area (Å²) >= 11 is 6.09. The molecule has 0 atom stereocenters. The van der Waals surface area contributed by atoms with Crippen LogP contribution in [-0.2, 0) is 35.5 Å². The second-order valence-corrected chi connectivity index (χ2v) is 12.9. The fourth-order valence-electron chi connectivity index (χ4n) is 6.59. The molecule has 49 heavy (non-hydrogen) atoms. The largest absolute Gasteiger partial charge is 0.383 e. The van der Waals surface area contributed by atoms with E-state index >= 15 is 0 Å². The third kappa shape index (κ3) is 8.24. The van der Waals surface area contributed by atoms with Gasteiger partial charge in [-0.25, -0.2) is 8.78 Å². The van der Waals surface area contributed by atoms with Crippen molar-refractivity contribution in [2.24, 2.45) is 0 Å². The lowest BCUT2D eigenvalue weighted by Gasteiger charge is -2.39. The first-order valence-corrected chi connectivity index (χ1v) is 17.0. The van der Waals surface area contributed by atoms with Crippen molar-refractivity contribution in [2.75, 3.05) is 33.4 Å². The first kappa shape index (κ1) is 34.4. The summed E-state index contributed by atoms with van der Waals surface area (Å²) in [6, 6.07) is 27.0. The Labute approximate surface area is 289 Å². The molecule has 0 N–H and O–H groups in total. The molecular weight excluding hydrogens is 646 g/mol. The molecule has 10 heteroatoms. The number of rotatable bonds is 12. The van der Waals surface area contributed by atoms with E-state index in [1.807, 2.05) is 47.4 Å². The fourth-order valence-corrected chi connectivity index (χ4v) is 6.71. The van der Waals surface area contributed by atoms with Gasteiger partial charge in [-0.3, -0.25) is 9.59 Å². The number of para-hydroxylation sites is 1. The summed E-state index contributed by atoms with van der Waals surface area (Å²) in [5.41, 5.74) is 3.44. The van der Waals surface area contributed by atoms with E-state index in [4.69, 9.17) is 16.3 Å². The lowest BCUT2D eigenvalue weighted by atomic mass is 10.0. The van der Waals surface area contributed by atoms with Crippen molar-refractivity contribution in [3.05, 3.63) is 135 Å². The minimum atomic E-state index is -0.929. The van der Waals surface area contributed by atoms with Crippen molar-refractivity contribution < 1.29 is 18.3 Å². The third-order valence-corrected chi connectivity index (χ3v) is 9.58. The first-order chi connectivity index (χ1) is 23.8. The lowest BCUT2D eigenvalue weighted by Crippen LogP contribution is -2.48. The molecule has 2 heterocycles. The number of likely N-dealkylation sites (tertiary alicyclic amines) is 1. The number of carbonyl (C=O) groups excluding carboxylic acids is 1. The van der Waals surface area contributed by atoms with Gasteiger partial charge in [0, 0.05) is 50.8 Å². The molecule has 0 bridgehead atoms. The predicted molar refractivity (Wildman–Crippen MR) is 189 cm³/mol. The van der Waals surface area contributed by atoms with Crippen LogP contribution in [0.25, 0.3) is 22.0 Å². The van der Waals surface area contributed by atoms with Crippen LogP contribution in [0.2, 0.25) is 5.02 Å². The van der Waals surface area contributed by atoms with E-state index in [-0.39, 0.29) is 36.9 Å². The molecule has 0 saturated carbocycles. The van der Waals surface area contributed by atoms with Crippen molar-refractivity contribution in [3.8, 4) is 11.1 Å². The zero-order valence-electron chi connectivity index (χ0n) is 27.5. The van der Waals surface area contributed by atoms with Crippen LogP contribution in [-0.4, -0.2) is 64.7 Å². The SMILES string of the molecule is COCCN1CCC(N(Cc2ccc(-c3ccc(Cl)cc3)cc2)C(=O)Cn2c(CCc3cccc(F)c3F)nc(=O)c3ccccc32)CC1. The molecule has 1 amide bonds. The quantitative estimate of drug-likeness (QED) is 0.143. The molecule has 1 aliphatic rings. The van der Waals surface area contributed by atoms with Gasteiger partial charge in [0.05, 0.1) is 17.5 Å². The molecule has 4 aromatic carbocycles. The topological polar surface area (TPSA) is 67.7 Å². The van der Waals surface area contributed by atoms with Gasteiger partial charge in [0.2, 0.25) is 5.91 Å². The highest BCUT2D eigenvalue weighted by Gasteiger charge is 2.29. The number of methoxy groups -OCH3 is 1. The number of amides is 1. The molecule has 0 unspecified atom stereocenters. The second-order valence-electron chi connectivity index (χ2n) is 12.4. The lowest BCUT2D eigenvalue weighted by molar-refractivity contribution is -0.136. The van der Waals surface area contributed by atoms with Gasteiger partial charge in [-0.2, -0.15) is 4.98 Å². The average molecular weight is 685 g/mol. The maximum atomic E-state index is 14.6. The number of aromatic nitrogens is 2. The van der Waals surface area contributed by atoms with Crippen LogP contribution in [0.3, 0.4) is 0 Å². The second kappa shape index (κ2) is 15.8. The smallest absolute Gasteiger partial charge is 0.280 e. The number of nitrogens with zero attached hydrogens (tertiary/aromatic N) is 4. The van der Waals surface area contributed by atoms with Gasteiger partial charge in [0.25, 0.3) is 5.56 Å². The number of ether oxygens (including phenoxy) is 1. The van der Waals surface area contributed by atoms with E-state index in [0.717, 1.165) is 55.2 Å². The van der Waals surface area contributed by atoms with E-state index in [2.05, 4.69) is 22.0 Å². The molecule has 6 rings (SSSR count). The Balaban J connectivity index is 1.29. The van der Waals surface area contributed by atoms with Crippen molar-refractivity contribution in [3.63, 3.8) is 0 Å². The van der Waals surface area contributed by atoms with Gasteiger partial charge >= 0.3 is 0 Å². The highest BCUT2D eigenvalue weighted by Crippen LogP contribution is 2.25. The summed E-state index contributed by atoms with van der Waals surface area (Å²) < 4.78 is 35.6. The van der Waals surface area contributed by atoms with E-state index in [1.165, 1.54) is 12.1 Å². The number of benzene rings is 4. The van der Waals surface area contributed by atoms with Crippen LogP contribution >= 0.6 is 11.6 Å². The fraction of sp³-hybridized carbons (Fsp3) is 0.308. The first-order valence-electron chi connectivity index (χ1n) is 16.6. The monoisotopic (exact) mass is 684 g/mol.